The van der Waals surface area contributed by atoms with Gasteiger partial charge in [-0.15, -0.1) is 11.3 Å². The number of nitrogens with one attached hydrogen (secondary N) is 2. The van der Waals surface area contributed by atoms with Crippen molar-refractivity contribution in [2.24, 2.45) is 5.92 Å². The highest BCUT2D eigenvalue weighted by atomic mass is 32.1. The van der Waals surface area contributed by atoms with Crippen LogP contribution in [0.3, 0.4) is 0 Å². The Morgan fingerprint density at radius 3 is 2.74 bits per heavy atom. The molecule has 5 nitrogen and oxygen atoms in total. The van der Waals surface area contributed by atoms with Gasteiger partial charge >= 0.3 is 6.03 Å². The second-order valence-electron chi connectivity index (χ2n) is 6.94. The fourth-order valence-corrected chi connectivity index (χ4v) is 4.40. The normalized spacial score (nSPS) is 22.1. The number of amides is 2. The van der Waals surface area contributed by atoms with Crippen LogP contribution in [0.5, 0.6) is 0 Å². The first-order valence-corrected chi connectivity index (χ1v) is 9.77. The Kier molecular flexibility index (Phi) is 5.89. The maximum Gasteiger partial charge on any atom is 0.315 e. The Hall–Kier alpha value is -1.14. The number of hydrogen-bond donors (Lipinski definition) is 2. The molecule has 2 amide bonds. The first-order valence-electron chi connectivity index (χ1n) is 8.89. The van der Waals surface area contributed by atoms with E-state index in [1.54, 1.807) is 17.5 Å². The van der Waals surface area contributed by atoms with Crippen molar-refractivity contribution in [3.63, 3.8) is 0 Å². The van der Waals surface area contributed by atoms with Gasteiger partial charge in [0.1, 0.15) is 5.01 Å². The van der Waals surface area contributed by atoms with Crippen molar-refractivity contribution in [1.82, 2.24) is 20.5 Å². The van der Waals surface area contributed by atoms with Crippen molar-refractivity contribution in [3.8, 4) is 0 Å². The van der Waals surface area contributed by atoms with Crippen molar-refractivity contribution in [2.45, 2.75) is 57.5 Å². The zero-order chi connectivity index (χ0) is 16.1. The Morgan fingerprint density at radius 1 is 1.35 bits per heavy atom. The van der Waals surface area contributed by atoms with E-state index in [2.05, 4.69) is 20.5 Å². The van der Waals surface area contributed by atoms with Gasteiger partial charge in [-0.2, -0.15) is 0 Å². The van der Waals surface area contributed by atoms with E-state index in [1.807, 2.05) is 12.3 Å². The van der Waals surface area contributed by atoms with Crippen LogP contribution in [0.2, 0.25) is 0 Å². The molecule has 128 valence electrons. The zero-order valence-corrected chi connectivity index (χ0v) is 14.8. The van der Waals surface area contributed by atoms with Gasteiger partial charge in [-0.1, -0.05) is 12.8 Å². The average molecular weight is 337 g/mol. The van der Waals surface area contributed by atoms with Crippen LogP contribution in [0.25, 0.3) is 0 Å². The molecule has 1 saturated carbocycles. The lowest BCUT2D eigenvalue weighted by atomic mass is 10.0. The Morgan fingerprint density at radius 2 is 2.09 bits per heavy atom. The van der Waals surface area contributed by atoms with E-state index in [0.717, 1.165) is 36.9 Å². The molecule has 0 unspecified atom stereocenters. The van der Waals surface area contributed by atoms with Gasteiger partial charge in [0.15, 0.2) is 0 Å². The van der Waals surface area contributed by atoms with Gasteiger partial charge in [-0.25, -0.2) is 9.78 Å². The molecular formula is C17H28N4OS. The third-order valence-electron chi connectivity index (χ3n) is 5.08. The van der Waals surface area contributed by atoms with E-state index in [-0.39, 0.29) is 12.1 Å². The van der Waals surface area contributed by atoms with Gasteiger partial charge in [0.25, 0.3) is 0 Å². The van der Waals surface area contributed by atoms with Gasteiger partial charge < -0.3 is 15.5 Å². The van der Waals surface area contributed by atoms with E-state index in [9.17, 15) is 4.79 Å². The van der Waals surface area contributed by atoms with Crippen LogP contribution >= 0.6 is 11.3 Å². The second-order valence-corrected chi connectivity index (χ2v) is 7.86. The number of rotatable bonds is 5. The van der Waals surface area contributed by atoms with Crippen LogP contribution in [-0.4, -0.2) is 41.6 Å². The van der Waals surface area contributed by atoms with E-state index < -0.39 is 0 Å². The van der Waals surface area contributed by atoms with Gasteiger partial charge in [-0.3, -0.25) is 0 Å². The molecule has 2 fully saturated rings. The van der Waals surface area contributed by atoms with Crippen LogP contribution in [0, 0.1) is 5.92 Å². The van der Waals surface area contributed by atoms with Crippen molar-refractivity contribution < 1.29 is 4.79 Å². The third-order valence-corrected chi connectivity index (χ3v) is 6.04. The van der Waals surface area contributed by atoms with Crippen molar-refractivity contribution in [2.75, 3.05) is 19.6 Å². The number of aromatic nitrogens is 1. The molecule has 1 aliphatic carbocycles. The minimum absolute atomic E-state index is 0.0301. The van der Waals surface area contributed by atoms with Crippen LogP contribution in [0.1, 0.15) is 56.5 Å². The standard InChI is InChI=1S/C17H28N4OS/c1-13(16-18-8-11-23-16)19-17(22)20-15-6-9-21(10-7-15)12-14-4-2-3-5-14/h8,11,13-15H,2-7,9-10,12H2,1H3,(H2,19,20,22)/t13-/m0/s1. The molecule has 2 heterocycles. The number of thiazole rings is 1. The lowest BCUT2D eigenvalue weighted by Crippen LogP contribution is -2.48. The summed E-state index contributed by atoms with van der Waals surface area (Å²) in [7, 11) is 0. The zero-order valence-electron chi connectivity index (χ0n) is 14.0. The molecule has 2 N–H and O–H groups in total. The quantitative estimate of drug-likeness (QED) is 0.868. The molecule has 6 heteroatoms. The summed E-state index contributed by atoms with van der Waals surface area (Å²) < 4.78 is 0. The number of piperidine rings is 1. The number of likely N-dealkylation sites (tertiary alicyclic amines) is 1. The SMILES string of the molecule is C[C@H](NC(=O)NC1CCN(CC2CCCC2)CC1)c1nccs1. The fraction of sp³-hybridized carbons (Fsp3) is 0.765. The summed E-state index contributed by atoms with van der Waals surface area (Å²) in [5.74, 6) is 0.918. The average Bonchev–Trinajstić information content (AvgIpc) is 3.22. The first-order chi connectivity index (χ1) is 11.2. The second kappa shape index (κ2) is 8.11. The van der Waals surface area contributed by atoms with E-state index in [4.69, 9.17) is 0 Å². The summed E-state index contributed by atoms with van der Waals surface area (Å²) in [5, 5.41) is 9.00. The Bertz CT molecular complexity index is 479. The monoisotopic (exact) mass is 336 g/mol. The lowest BCUT2D eigenvalue weighted by Gasteiger charge is -2.34. The number of carbonyl (C=O) groups excluding carboxylic acids is 1. The minimum atomic E-state index is -0.0676. The van der Waals surface area contributed by atoms with Gasteiger partial charge in [0.05, 0.1) is 6.04 Å². The van der Waals surface area contributed by atoms with E-state index >= 15 is 0 Å². The molecule has 0 bridgehead atoms. The maximum absolute atomic E-state index is 12.1. The molecular weight excluding hydrogens is 308 g/mol. The van der Waals surface area contributed by atoms with Gasteiger partial charge in [-0.05, 0) is 38.5 Å². The summed E-state index contributed by atoms with van der Waals surface area (Å²) in [4.78, 5) is 18.9. The molecule has 23 heavy (non-hydrogen) atoms. The number of hydrogen-bond acceptors (Lipinski definition) is 4. The predicted octanol–water partition coefficient (Wildman–Crippen LogP) is 3.16. The smallest absolute Gasteiger partial charge is 0.315 e. The van der Waals surface area contributed by atoms with E-state index in [0.29, 0.717) is 6.04 Å². The summed E-state index contributed by atoms with van der Waals surface area (Å²) in [6.45, 7) is 5.47. The highest BCUT2D eigenvalue weighted by Gasteiger charge is 2.24. The highest BCUT2D eigenvalue weighted by Crippen LogP contribution is 2.26. The lowest BCUT2D eigenvalue weighted by molar-refractivity contribution is 0.171. The molecule has 1 aromatic heterocycles. The molecule has 0 radical (unpaired) electrons. The minimum Gasteiger partial charge on any atom is -0.335 e. The molecule has 1 atom stereocenters. The predicted molar refractivity (Wildman–Crippen MR) is 93.6 cm³/mol. The Balaban J connectivity index is 1.35. The van der Waals surface area contributed by atoms with Crippen LogP contribution in [-0.2, 0) is 0 Å². The number of nitrogens with zero attached hydrogens (tertiary/aromatic N) is 2. The molecule has 2 aliphatic rings. The first kappa shape index (κ1) is 16.7. The van der Waals surface area contributed by atoms with E-state index in [1.165, 1.54) is 32.2 Å². The maximum atomic E-state index is 12.1. The van der Waals surface area contributed by atoms with Crippen LogP contribution in [0.4, 0.5) is 4.79 Å². The largest absolute Gasteiger partial charge is 0.335 e. The van der Waals surface area contributed by atoms with Gasteiger partial charge in [0, 0.05) is 37.3 Å². The molecule has 0 spiro atoms. The highest BCUT2D eigenvalue weighted by molar-refractivity contribution is 7.09. The fourth-order valence-electron chi connectivity index (χ4n) is 3.75. The summed E-state index contributed by atoms with van der Waals surface area (Å²) in [6, 6.07) is 0.206. The molecule has 1 aliphatic heterocycles. The van der Waals surface area contributed by atoms with Crippen molar-refractivity contribution >= 4 is 17.4 Å². The van der Waals surface area contributed by atoms with Crippen LogP contribution < -0.4 is 10.6 Å². The van der Waals surface area contributed by atoms with Gasteiger partial charge in [0.2, 0.25) is 0 Å². The summed E-state index contributed by atoms with van der Waals surface area (Å²) >= 11 is 1.57. The van der Waals surface area contributed by atoms with Crippen molar-refractivity contribution in [1.29, 1.82) is 0 Å². The topological polar surface area (TPSA) is 57.3 Å². The molecule has 1 aromatic rings. The van der Waals surface area contributed by atoms with Crippen molar-refractivity contribution in [3.05, 3.63) is 16.6 Å². The molecule has 0 aromatic carbocycles. The molecule has 1 saturated heterocycles. The van der Waals surface area contributed by atoms with Crippen LogP contribution in [0.15, 0.2) is 11.6 Å². The molecule has 3 rings (SSSR count). The summed E-state index contributed by atoms with van der Waals surface area (Å²) in [6.07, 6.45) is 9.55. The number of carbonyl (C=O) groups is 1. The Labute approximate surface area is 142 Å². The number of urea groups is 1. The summed E-state index contributed by atoms with van der Waals surface area (Å²) in [5.41, 5.74) is 0. The third kappa shape index (κ3) is 4.91.